The number of allylic oxidation sites excluding steroid dienone is 1. The number of hydrogen-bond donors (Lipinski definition) is 1. The molecular weight excluding hydrogens is 158 g/mol. The average Bonchev–Trinajstić information content (AvgIpc) is 2.07. The van der Waals surface area contributed by atoms with Gasteiger partial charge in [-0.2, -0.15) is 0 Å². The van der Waals surface area contributed by atoms with Crippen LogP contribution in [0.3, 0.4) is 0 Å². The van der Waals surface area contributed by atoms with E-state index in [0.29, 0.717) is 0 Å². The number of hydrogen-bond acceptors (Lipinski definition) is 1. The van der Waals surface area contributed by atoms with Crippen LogP contribution >= 0.6 is 0 Å². The lowest BCUT2D eigenvalue weighted by Crippen LogP contribution is -2.39. The van der Waals surface area contributed by atoms with E-state index in [0.717, 1.165) is 12.1 Å². The molecule has 0 aromatic carbocycles. The summed E-state index contributed by atoms with van der Waals surface area (Å²) >= 11 is 0. The monoisotopic (exact) mass is 185 g/mol. The van der Waals surface area contributed by atoms with E-state index < -0.39 is 0 Å². The van der Waals surface area contributed by atoms with E-state index in [-0.39, 0.29) is 5.54 Å². The first-order valence-electron chi connectivity index (χ1n) is 5.47. The van der Waals surface area contributed by atoms with Crippen molar-refractivity contribution in [1.82, 2.24) is 5.32 Å². The average molecular weight is 185 g/mol. The summed E-state index contributed by atoms with van der Waals surface area (Å²) < 4.78 is 0. The normalized spacial score (nSPS) is 13.7. The van der Waals surface area contributed by atoms with E-state index in [2.05, 4.69) is 32.7 Å². The Bertz CT molecular complexity index is 129. The maximum Gasteiger partial charge on any atom is 0.0339 e. The van der Waals surface area contributed by atoms with Crippen LogP contribution in [-0.2, 0) is 0 Å². The summed E-state index contributed by atoms with van der Waals surface area (Å²) in [5, 5.41) is 3.41. The zero-order chi connectivity index (χ0) is 10.9. The summed E-state index contributed by atoms with van der Waals surface area (Å²) in [6, 6.07) is 0. The molecule has 0 rings (SSSR count). The molecular formula is C12H27N. The Kier molecular flexibility index (Phi) is 9.43. The third-order valence-electron chi connectivity index (χ3n) is 2.10. The zero-order valence-electron chi connectivity index (χ0n) is 10.3. The Balaban J connectivity index is 0. The van der Waals surface area contributed by atoms with Crippen molar-refractivity contribution in [3.63, 3.8) is 0 Å². The molecule has 0 heterocycles. The molecule has 1 heteroatoms. The molecule has 0 amide bonds. The van der Waals surface area contributed by atoms with Gasteiger partial charge in [0.1, 0.15) is 0 Å². The van der Waals surface area contributed by atoms with Crippen LogP contribution in [0.2, 0.25) is 0 Å². The molecule has 0 aromatic rings. The molecule has 0 aliphatic rings. The predicted molar refractivity (Wildman–Crippen MR) is 62.9 cm³/mol. The highest BCUT2D eigenvalue weighted by Crippen LogP contribution is 2.17. The van der Waals surface area contributed by atoms with E-state index >= 15 is 0 Å². The molecule has 0 aromatic heterocycles. The van der Waals surface area contributed by atoms with E-state index in [4.69, 9.17) is 0 Å². The molecule has 1 atom stereocenters. The minimum atomic E-state index is 0.264. The molecule has 1 N–H and O–H groups in total. The van der Waals surface area contributed by atoms with Gasteiger partial charge in [0.25, 0.3) is 0 Å². The lowest BCUT2D eigenvalue weighted by molar-refractivity contribution is 0.346. The van der Waals surface area contributed by atoms with Crippen LogP contribution in [-0.4, -0.2) is 5.54 Å². The third kappa shape index (κ3) is 7.89. The van der Waals surface area contributed by atoms with Crippen LogP contribution in [0.15, 0.2) is 12.3 Å². The van der Waals surface area contributed by atoms with Crippen molar-refractivity contribution >= 4 is 0 Å². The molecule has 13 heavy (non-hydrogen) atoms. The number of rotatable bonds is 5. The SMILES string of the molecule is C=C(C)NC(C)(CC)CCC.CC. The predicted octanol–water partition coefficient (Wildman–Crippen LogP) is 4.10. The molecule has 0 fully saturated rings. The fourth-order valence-electron chi connectivity index (χ4n) is 1.39. The molecule has 0 aliphatic carbocycles. The minimum absolute atomic E-state index is 0.264. The molecule has 80 valence electrons. The van der Waals surface area contributed by atoms with Gasteiger partial charge in [0.2, 0.25) is 0 Å². The lowest BCUT2D eigenvalue weighted by Gasteiger charge is -2.30. The van der Waals surface area contributed by atoms with Gasteiger partial charge in [-0.25, -0.2) is 0 Å². The van der Waals surface area contributed by atoms with E-state index in [1.807, 2.05) is 20.8 Å². The molecule has 1 nitrogen and oxygen atoms in total. The van der Waals surface area contributed by atoms with Crippen molar-refractivity contribution in [2.24, 2.45) is 0 Å². The van der Waals surface area contributed by atoms with Crippen LogP contribution in [0.25, 0.3) is 0 Å². The summed E-state index contributed by atoms with van der Waals surface area (Å²) in [5.74, 6) is 0. The highest BCUT2D eigenvalue weighted by atomic mass is 15.0. The summed E-state index contributed by atoms with van der Waals surface area (Å²) in [5.41, 5.74) is 1.34. The second-order valence-corrected chi connectivity index (χ2v) is 3.57. The van der Waals surface area contributed by atoms with E-state index in [1.165, 1.54) is 12.8 Å². The number of nitrogens with one attached hydrogen (secondary N) is 1. The van der Waals surface area contributed by atoms with Crippen LogP contribution in [0.1, 0.15) is 60.8 Å². The Morgan fingerprint density at radius 1 is 1.31 bits per heavy atom. The lowest BCUT2D eigenvalue weighted by atomic mass is 9.93. The van der Waals surface area contributed by atoms with Gasteiger partial charge < -0.3 is 5.32 Å². The molecule has 0 saturated carbocycles. The molecule has 0 aliphatic heterocycles. The quantitative estimate of drug-likeness (QED) is 0.680. The van der Waals surface area contributed by atoms with Crippen LogP contribution < -0.4 is 5.32 Å². The summed E-state index contributed by atoms with van der Waals surface area (Å²) in [4.78, 5) is 0. The molecule has 0 saturated heterocycles. The second kappa shape index (κ2) is 8.15. The first kappa shape index (κ1) is 15.0. The van der Waals surface area contributed by atoms with E-state index in [9.17, 15) is 0 Å². The molecule has 1 unspecified atom stereocenters. The highest BCUT2D eigenvalue weighted by molar-refractivity contribution is 4.94. The van der Waals surface area contributed by atoms with Gasteiger partial charge in [0.15, 0.2) is 0 Å². The Hall–Kier alpha value is -0.460. The standard InChI is InChI=1S/C10H21N.C2H6/c1-6-8-10(5,7-2)11-9(3)4;1-2/h11H,3,6-8H2,1-2,4-5H3;1-2H3. The van der Waals surface area contributed by atoms with Gasteiger partial charge in [-0.1, -0.05) is 40.7 Å². The largest absolute Gasteiger partial charge is 0.384 e. The highest BCUT2D eigenvalue weighted by Gasteiger charge is 2.19. The van der Waals surface area contributed by atoms with Crippen molar-refractivity contribution in [3.05, 3.63) is 12.3 Å². The Morgan fingerprint density at radius 2 is 1.77 bits per heavy atom. The summed E-state index contributed by atoms with van der Waals surface area (Å²) in [6.07, 6.45) is 3.61. The van der Waals surface area contributed by atoms with Crippen molar-refractivity contribution < 1.29 is 0 Å². The van der Waals surface area contributed by atoms with Crippen LogP contribution in [0.4, 0.5) is 0 Å². The first-order valence-corrected chi connectivity index (χ1v) is 5.47. The molecule has 0 spiro atoms. The topological polar surface area (TPSA) is 12.0 Å². The van der Waals surface area contributed by atoms with Crippen molar-refractivity contribution in [2.75, 3.05) is 0 Å². The second-order valence-electron chi connectivity index (χ2n) is 3.57. The van der Waals surface area contributed by atoms with Crippen LogP contribution in [0, 0.1) is 0 Å². The van der Waals surface area contributed by atoms with Gasteiger partial charge in [0.05, 0.1) is 0 Å². The van der Waals surface area contributed by atoms with E-state index in [1.54, 1.807) is 0 Å². The maximum atomic E-state index is 3.86. The fourth-order valence-corrected chi connectivity index (χ4v) is 1.39. The Labute approximate surface area is 84.6 Å². The first-order chi connectivity index (χ1) is 6.04. The van der Waals surface area contributed by atoms with Gasteiger partial charge in [0, 0.05) is 11.2 Å². The Morgan fingerprint density at radius 3 is 2.00 bits per heavy atom. The third-order valence-corrected chi connectivity index (χ3v) is 2.10. The van der Waals surface area contributed by atoms with Crippen molar-refractivity contribution in [3.8, 4) is 0 Å². The summed E-state index contributed by atoms with van der Waals surface area (Å²) in [6.45, 7) is 16.6. The molecule has 0 bridgehead atoms. The molecule has 0 radical (unpaired) electrons. The van der Waals surface area contributed by atoms with Gasteiger partial charge in [-0.05, 0) is 26.7 Å². The van der Waals surface area contributed by atoms with Gasteiger partial charge in [-0.15, -0.1) is 0 Å². The van der Waals surface area contributed by atoms with Gasteiger partial charge >= 0.3 is 0 Å². The van der Waals surface area contributed by atoms with Crippen LogP contribution in [0.5, 0.6) is 0 Å². The zero-order valence-corrected chi connectivity index (χ0v) is 10.3. The minimum Gasteiger partial charge on any atom is -0.384 e. The maximum absolute atomic E-state index is 3.86. The van der Waals surface area contributed by atoms with Gasteiger partial charge in [-0.3, -0.25) is 0 Å². The summed E-state index contributed by atoms with van der Waals surface area (Å²) in [7, 11) is 0. The smallest absolute Gasteiger partial charge is 0.0339 e. The van der Waals surface area contributed by atoms with Crippen molar-refractivity contribution in [1.29, 1.82) is 0 Å². The van der Waals surface area contributed by atoms with Crippen molar-refractivity contribution in [2.45, 2.75) is 66.3 Å². The fraction of sp³-hybridized carbons (Fsp3) is 0.833.